The van der Waals surface area contributed by atoms with Crippen LogP contribution in [0.2, 0.25) is 5.28 Å². The van der Waals surface area contributed by atoms with Crippen molar-refractivity contribution in [2.24, 2.45) is 5.41 Å². The van der Waals surface area contributed by atoms with Gasteiger partial charge in [-0.1, -0.05) is 20.8 Å². The summed E-state index contributed by atoms with van der Waals surface area (Å²) in [5, 5.41) is 4.17. The second-order valence-electron chi connectivity index (χ2n) is 6.78. The van der Waals surface area contributed by atoms with Crippen molar-refractivity contribution in [3.63, 3.8) is 0 Å². The standard InChI is InChI=1S/C14H21ClN4/c1-13(2,3)14-6-4-10(18-14)8-19(9-14)11-5-7-16-12(15)17-11/h5,7,10,18H,4,6,8-9H2,1-3H3/t10-,14-/m0/s1. The molecule has 0 aromatic carbocycles. The number of piperazine rings is 1. The fourth-order valence-electron chi connectivity index (χ4n) is 3.38. The number of nitrogens with one attached hydrogen (secondary N) is 1. The van der Waals surface area contributed by atoms with E-state index in [-0.39, 0.29) is 11.0 Å². The quantitative estimate of drug-likeness (QED) is 0.803. The van der Waals surface area contributed by atoms with Crippen LogP contribution in [-0.4, -0.2) is 34.6 Å². The van der Waals surface area contributed by atoms with E-state index in [1.165, 1.54) is 12.8 Å². The topological polar surface area (TPSA) is 41.1 Å². The number of aromatic nitrogens is 2. The molecule has 2 saturated heterocycles. The highest BCUT2D eigenvalue weighted by molar-refractivity contribution is 6.28. The predicted octanol–water partition coefficient (Wildman–Crippen LogP) is 2.49. The molecule has 19 heavy (non-hydrogen) atoms. The summed E-state index contributed by atoms with van der Waals surface area (Å²) in [4.78, 5) is 10.7. The highest BCUT2D eigenvalue weighted by atomic mass is 35.5. The second kappa shape index (κ2) is 4.32. The van der Waals surface area contributed by atoms with E-state index in [1.54, 1.807) is 6.20 Å². The molecule has 2 atom stereocenters. The van der Waals surface area contributed by atoms with E-state index >= 15 is 0 Å². The van der Waals surface area contributed by atoms with Gasteiger partial charge < -0.3 is 10.2 Å². The number of fused-ring (bicyclic) bond motifs is 2. The molecule has 2 aliphatic heterocycles. The average Bonchev–Trinajstić information content (AvgIpc) is 2.65. The molecular formula is C14H21ClN4. The summed E-state index contributed by atoms with van der Waals surface area (Å²) in [6, 6.07) is 2.51. The third kappa shape index (κ3) is 2.21. The number of hydrogen-bond donors (Lipinski definition) is 1. The summed E-state index contributed by atoms with van der Waals surface area (Å²) in [5.41, 5.74) is 0.407. The van der Waals surface area contributed by atoms with Crippen molar-refractivity contribution < 1.29 is 0 Å². The normalized spacial score (nSPS) is 30.7. The third-order valence-corrected chi connectivity index (χ3v) is 4.85. The summed E-state index contributed by atoms with van der Waals surface area (Å²) in [7, 11) is 0. The minimum atomic E-state index is 0.174. The summed E-state index contributed by atoms with van der Waals surface area (Å²) < 4.78 is 0. The van der Waals surface area contributed by atoms with E-state index in [0.29, 0.717) is 11.3 Å². The lowest BCUT2D eigenvalue weighted by atomic mass is 9.72. The second-order valence-corrected chi connectivity index (χ2v) is 7.11. The molecule has 0 spiro atoms. The Kier molecular flexibility index (Phi) is 2.98. The van der Waals surface area contributed by atoms with E-state index in [2.05, 4.69) is 41.0 Å². The first kappa shape index (κ1) is 13.1. The summed E-state index contributed by atoms with van der Waals surface area (Å²) in [6.07, 6.45) is 4.21. The molecule has 1 aromatic rings. The minimum Gasteiger partial charge on any atom is -0.353 e. The summed E-state index contributed by atoms with van der Waals surface area (Å²) in [5.74, 6) is 0.946. The predicted molar refractivity (Wildman–Crippen MR) is 77.6 cm³/mol. The van der Waals surface area contributed by atoms with Gasteiger partial charge in [0, 0.05) is 30.9 Å². The van der Waals surface area contributed by atoms with E-state index < -0.39 is 0 Å². The van der Waals surface area contributed by atoms with Gasteiger partial charge in [-0.05, 0) is 35.9 Å². The van der Waals surface area contributed by atoms with Gasteiger partial charge in [0.2, 0.25) is 5.28 Å². The van der Waals surface area contributed by atoms with Gasteiger partial charge in [0.25, 0.3) is 0 Å². The van der Waals surface area contributed by atoms with Crippen LogP contribution in [0.3, 0.4) is 0 Å². The van der Waals surface area contributed by atoms with Crippen LogP contribution in [0.5, 0.6) is 0 Å². The molecule has 2 bridgehead atoms. The SMILES string of the molecule is CC(C)(C)[C@]12CC[C@@H](CN(c3ccnc(Cl)n3)C1)N2. The molecule has 0 radical (unpaired) electrons. The molecule has 0 saturated carbocycles. The van der Waals surface area contributed by atoms with Gasteiger partial charge in [0.05, 0.1) is 0 Å². The lowest BCUT2D eigenvalue weighted by Crippen LogP contribution is -2.65. The Bertz CT molecular complexity index is 485. The Morgan fingerprint density at radius 3 is 2.95 bits per heavy atom. The molecule has 1 N–H and O–H groups in total. The molecule has 2 aliphatic rings. The van der Waals surface area contributed by atoms with Crippen molar-refractivity contribution in [1.29, 1.82) is 0 Å². The molecule has 0 unspecified atom stereocenters. The van der Waals surface area contributed by atoms with E-state index in [1.807, 2.05) is 6.07 Å². The van der Waals surface area contributed by atoms with Crippen LogP contribution >= 0.6 is 11.6 Å². The van der Waals surface area contributed by atoms with Crippen molar-refractivity contribution in [2.45, 2.75) is 45.2 Å². The van der Waals surface area contributed by atoms with Gasteiger partial charge in [-0.25, -0.2) is 9.97 Å². The lowest BCUT2D eigenvalue weighted by Gasteiger charge is -2.49. The molecule has 0 amide bonds. The van der Waals surface area contributed by atoms with Gasteiger partial charge in [0.15, 0.2) is 0 Å². The minimum absolute atomic E-state index is 0.174. The van der Waals surface area contributed by atoms with Crippen LogP contribution in [0, 0.1) is 5.41 Å². The Morgan fingerprint density at radius 1 is 1.47 bits per heavy atom. The van der Waals surface area contributed by atoms with Gasteiger partial charge in [-0.3, -0.25) is 0 Å². The van der Waals surface area contributed by atoms with Gasteiger partial charge in [-0.15, -0.1) is 0 Å². The number of hydrogen-bond acceptors (Lipinski definition) is 4. The van der Waals surface area contributed by atoms with Crippen LogP contribution < -0.4 is 10.2 Å². The average molecular weight is 281 g/mol. The number of rotatable bonds is 1. The first-order valence-corrected chi connectivity index (χ1v) is 7.29. The zero-order chi connectivity index (χ0) is 13.7. The maximum Gasteiger partial charge on any atom is 0.224 e. The first-order chi connectivity index (χ1) is 8.90. The number of nitrogens with zero attached hydrogens (tertiary/aromatic N) is 3. The Balaban J connectivity index is 1.90. The van der Waals surface area contributed by atoms with Crippen LogP contribution in [0.25, 0.3) is 0 Å². The van der Waals surface area contributed by atoms with Gasteiger partial charge >= 0.3 is 0 Å². The van der Waals surface area contributed by atoms with Crippen molar-refractivity contribution in [1.82, 2.24) is 15.3 Å². The zero-order valence-electron chi connectivity index (χ0n) is 11.8. The molecule has 2 fully saturated rings. The fourth-order valence-corrected chi connectivity index (χ4v) is 3.52. The lowest BCUT2D eigenvalue weighted by molar-refractivity contribution is 0.145. The third-order valence-electron chi connectivity index (χ3n) is 4.67. The number of anilines is 1. The zero-order valence-corrected chi connectivity index (χ0v) is 12.5. The monoisotopic (exact) mass is 280 g/mol. The molecule has 4 nitrogen and oxygen atoms in total. The smallest absolute Gasteiger partial charge is 0.224 e. The molecule has 5 heteroatoms. The highest BCUT2D eigenvalue weighted by Gasteiger charge is 2.51. The van der Waals surface area contributed by atoms with Crippen LogP contribution in [0.1, 0.15) is 33.6 Å². The van der Waals surface area contributed by atoms with Crippen molar-refractivity contribution in [3.8, 4) is 0 Å². The first-order valence-electron chi connectivity index (χ1n) is 6.91. The summed E-state index contributed by atoms with van der Waals surface area (Å²) >= 11 is 5.91. The molecular weight excluding hydrogens is 260 g/mol. The van der Waals surface area contributed by atoms with Gasteiger partial charge in [0.1, 0.15) is 5.82 Å². The number of halogens is 1. The Hall–Kier alpha value is -0.870. The van der Waals surface area contributed by atoms with Gasteiger partial charge in [-0.2, -0.15) is 0 Å². The molecule has 3 heterocycles. The maximum atomic E-state index is 5.91. The van der Waals surface area contributed by atoms with Crippen LogP contribution in [-0.2, 0) is 0 Å². The molecule has 0 aliphatic carbocycles. The van der Waals surface area contributed by atoms with Crippen molar-refractivity contribution in [3.05, 3.63) is 17.5 Å². The molecule has 104 valence electrons. The maximum absolute atomic E-state index is 5.91. The highest BCUT2D eigenvalue weighted by Crippen LogP contribution is 2.43. The van der Waals surface area contributed by atoms with E-state index in [4.69, 9.17) is 11.6 Å². The van der Waals surface area contributed by atoms with Crippen LogP contribution in [0.15, 0.2) is 12.3 Å². The van der Waals surface area contributed by atoms with Crippen molar-refractivity contribution >= 4 is 17.4 Å². The van der Waals surface area contributed by atoms with E-state index in [9.17, 15) is 0 Å². The Morgan fingerprint density at radius 2 is 2.26 bits per heavy atom. The van der Waals surface area contributed by atoms with Crippen molar-refractivity contribution in [2.75, 3.05) is 18.0 Å². The fraction of sp³-hybridized carbons (Fsp3) is 0.714. The molecule has 3 rings (SSSR count). The largest absolute Gasteiger partial charge is 0.353 e. The molecule has 1 aromatic heterocycles. The van der Waals surface area contributed by atoms with Crippen LogP contribution in [0.4, 0.5) is 5.82 Å². The Labute approximate surface area is 119 Å². The summed E-state index contributed by atoms with van der Waals surface area (Å²) in [6.45, 7) is 8.95. The van der Waals surface area contributed by atoms with E-state index in [0.717, 1.165) is 18.9 Å².